The smallest absolute Gasteiger partial charge is 0.403 e. The van der Waals surface area contributed by atoms with Gasteiger partial charge in [0, 0.05) is 31.5 Å². The van der Waals surface area contributed by atoms with Gasteiger partial charge < -0.3 is 21.1 Å². The highest BCUT2D eigenvalue weighted by Gasteiger charge is 2.42. The molecule has 4 amide bonds. The highest BCUT2D eigenvalue weighted by molar-refractivity contribution is 6.03. The van der Waals surface area contributed by atoms with E-state index in [1.165, 1.54) is 11.8 Å². The van der Waals surface area contributed by atoms with Crippen LogP contribution in [0.25, 0.3) is 0 Å². The van der Waals surface area contributed by atoms with Gasteiger partial charge in [-0.2, -0.15) is 13.2 Å². The molecule has 0 bridgehead atoms. The number of esters is 1. The maximum absolute atomic E-state index is 14.2. The van der Waals surface area contributed by atoms with Crippen LogP contribution in [0.15, 0.2) is 24.3 Å². The molecule has 14 heteroatoms. The maximum atomic E-state index is 14.2. The van der Waals surface area contributed by atoms with Gasteiger partial charge in [-0.15, -0.1) is 0 Å². The molecule has 3 rings (SSSR count). The number of benzene rings is 1. The average Bonchev–Trinajstić information content (AvgIpc) is 3.30. The molecule has 4 atom stereocenters. The lowest BCUT2D eigenvalue weighted by Crippen LogP contribution is -2.58. The summed E-state index contributed by atoms with van der Waals surface area (Å²) in [6.07, 6.45) is -0.0497. The van der Waals surface area contributed by atoms with Gasteiger partial charge in [0.05, 0.1) is 6.04 Å². The molecular weight excluding hydrogens is 655 g/mol. The Morgan fingerprint density at radius 3 is 2.16 bits per heavy atom. The molecule has 5 N–H and O–H groups in total. The number of halogens is 3. The molecule has 1 aromatic carbocycles. The fourth-order valence-electron chi connectivity index (χ4n) is 6.64. The van der Waals surface area contributed by atoms with Crippen LogP contribution >= 0.6 is 0 Å². The van der Waals surface area contributed by atoms with E-state index < -0.39 is 48.0 Å². The molecule has 50 heavy (non-hydrogen) atoms. The van der Waals surface area contributed by atoms with Gasteiger partial charge in [-0.25, -0.2) is 0 Å². The second-order valence-corrected chi connectivity index (χ2v) is 14.2. The molecule has 11 nitrogen and oxygen atoms in total. The summed E-state index contributed by atoms with van der Waals surface area (Å²) in [6.45, 7) is 7.13. The number of likely N-dealkylation sites (tertiary alicyclic amines) is 1. The number of hydrogen-bond acceptors (Lipinski definition) is 8. The number of nitrogens with zero attached hydrogens (tertiary/aromatic N) is 1. The van der Waals surface area contributed by atoms with Gasteiger partial charge in [0.1, 0.15) is 18.7 Å². The molecule has 1 heterocycles. The first-order valence-corrected chi connectivity index (χ1v) is 17.8. The fourth-order valence-corrected chi connectivity index (χ4v) is 6.64. The van der Waals surface area contributed by atoms with E-state index in [0.717, 1.165) is 31.2 Å². The molecule has 0 aromatic heterocycles. The number of imide groups is 1. The summed E-state index contributed by atoms with van der Waals surface area (Å²) < 4.78 is 47.7. The van der Waals surface area contributed by atoms with Crippen molar-refractivity contribution in [2.75, 3.05) is 18.4 Å². The third-order valence-corrected chi connectivity index (χ3v) is 9.73. The average molecular weight is 710 g/mol. The largest absolute Gasteiger partial charge is 0.461 e. The minimum Gasteiger partial charge on any atom is -0.461 e. The van der Waals surface area contributed by atoms with Crippen LogP contribution in [0.4, 0.5) is 18.9 Å². The normalized spacial score (nSPS) is 21.5. The Balaban J connectivity index is 1.66. The zero-order chi connectivity index (χ0) is 37.0. The van der Waals surface area contributed by atoms with Gasteiger partial charge in [0.25, 0.3) is 0 Å². The molecule has 2 fully saturated rings. The number of amides is 4. The molecule has 0 radical (unpaired) electrons. The van der Waals surface area contributed by atoms with Crippen molar-refractivity contribution in [3.8, 4) is 0 Å². The van der Waals surface area contributed by atoms with Gasteiger partial charge in [0.2, 0.25) is 23.6 Å². The molecular formula is C36H54F3N5O6. The monoisotopic (exact) mass is 709 g/mol. The van der Waals surface area contributed by atoms with Crippen molar-refractivity contribution in [2.45, 2.75) is 123 Å². The summed E-state index contributed by atoms with van der Waals surface area (Å²) in [7, 11) is 0. The maximum Gasteiger partial charge on any atom is 0.403 e. The number of carbonyl (C=O) groups is 5. The predicted octanol–water partition coefficient (Wildman–Crippen LogP) is 4.83. The molecule has 1 saturated carbocycles. The number of nitrogens with one attached hydrogen (secondary N) is 3. The number of alkyl halides is 3. The first-order chi connectivity index (χ1) is 23.6. The Kier molecular flexibility index (Phi) is 15.7. The minimum atomic E-state index is -4.64. The molecule has 1 aliphatic carbocycles. The van der Waals surface area contributed by atoms with Gasteiger partial charge in [-0.1, -0.05) is 58.6 Å². The molecule has 1 aromatic rings. The van der Waals surface area contributed by atoms with Crippen molar-refractivity contribution < 1.29 is 41.9 Å². The third-order valence-electron chi connectivity index (χ3n) is 9.73. The topological polar surface area (TPSA) is 160 Å². The van der Waals surface area contributed by atoms with Crippen LogP contribution in [-0.4, -0.2) is 71.9 Å². The van der Waals surface area contributed by atoms with E-state index in [-0.39, 0.29) is 56.1 Å². The zero-order valence-corrected chi connectivity index (χ0v) is 29.7. The standard InChI is InChI=1S/C36H54F3N5O6/c1-22(2)32(43-30(36(37,38)39)8-6-5-7-17-44-31(46)18-23(3)35(44)49)34(48)42-29(19-25-9-11-26(20-40)12-10-25)33(47)41-28-15-13-27(14-16-28)21-50-24(4)45/h13-16,22-23,25-26,29-30,32,43H,5-12,17-21,40H2,1-4H3,(H,41,47)(H,42,48)/t23?,25?,26?,29-,30+,32-/m0/s1. The Morgan fingerprint density at radius 2 is 1.62 bits per heavy atom. The first-order valence-electron chi connectivity index (χ1n) is 17.8. The van der Waals surface area contributed by atoms with E-state index in [9.17, 15) is 37.1 Å². The Bertz CT molecular complexity index is 1300. The minimum absolute atomic E-state index is 0.0796. The van der Waals surface area contributed by atoms with Crippen molar-refractivity contribution in [1.82, 2.24) is 15.5 Å². The molecule has 1 unspecified atom stereocenters. The molecule has 1 saturated heterocycles. The lowest BCUT2D eigenvalue weighted by Gasteiger charge is -2.33. The Hall–Kier alpha value is -3.52. The highest BCUT2D eigenvalue weighted by atomic mass is 19.4. The Morgan fingerprint density at radius 1 is 0.980 bits per heavy atom. The van der Waals surface area contributed by atoms with Gasteiger partial charge in [-0.3, -0.25) is 34.2 Å². The van der Waals surface area contributed by atoms with Crippen molar-refractivity contribution in [3.05, 3.63) is 29.8 Å². The van der Waals surface area contributed by atoms with Crippen LogP contribution in [0.5, 0.6) is 0 Å². The van der Waals surface area contributed by atoms with Crippen LogP contribution in [0.2, 0.25) is 0 Å². The second-order valence-electron chi connectivity index (χ2n) is 14.2. The second kappa shape index (κ2) is 19.2. The molecule has 1 aliphatic heterocycles. The number of ether oxygens (including phenoxy) is 1. The van der Waals surface area contributed by atoms with E-state index >= 15 is 0 Å². The summed E-state index contributed by atoms with van der Waals surface area (Å²) in [5.74, 6) is -2.46. The SMILES string of the molecule is CC(=O)OCc1ccc(NC(=O)[C@H](CC2CCC(CN)CC2)NC(=O)[C@@H](N[C@H](CCCCCN2C(=O)CC(C)C2=O)C(F)(F)F)C(C)C)cc1. The lowest BCUT2D eigenvalue weighted by molar-refractivity contribution is -0.161. The summed E-state index contributed by atoms with van der Waals surface area (Å²) in [4.78, 5) is 63.8. The van der Waals surface area contributed by atoms with E-state index in [1.54, 1.807) is 45.0 Å². The number of unbranched alkanes of at least 4 members (excludes halogenated alkanes) is 2. The molecule has 280 valence electrons. The summed E-state index contributed by atoms with van der Waals surface area (Å²) in [5, 5.41) is 8.15. The van der Waals surface area contributed by atoms with Crippen molar-refractivity contribution in [1.29, 1.82) is 0 Å². The quantitative estimate of drug-likeness (QED) is 0.0959. The van der Waals surface area contributed by atoms with Crippen molar-refractivity contribution in [3.63, 3.8) is 0 Å². The first kappa shape index (κ1) is 40.9. The van der Waals surface area contributed by atoms with Crippen LogP contribution in [-0.2, 0) is 35.3 Å². The predicted molar refractivity (Wildman–Crippen MR) is 182 cm³/mol. The summed E-state index contributed by atoms with van der Waals surface area (Å²) in [5.41, 5.74) is 7.03. The van der Waals surface area contributed by atoms with Crippen molar-refractivity contribution >= 4 is 35.3 Å². The highest BCUT2D eigenvalue weighted by Crippen LogP contribution is 2.32. The number of hydrogen-bond donors (Lipinski definition) is 4. The van der Waals surface area contributed by atoms with Crippen LogP contribution in [0.3, 0.4) is 0 Å². The van der Waals surface area contributed by atoms with Gasteiger partial charge in [0.15, 0.2) is 0 Å². The third kappa shape index (κ3) is 12.7. The van der Waals surface area contributed by atoms with Crippen molar-refractivity contribution in [2.24, 2.45) is 29.4 Å². The van der Waals surface area contributed by atoms with E-state index in [2.05, 4.69) is 16.0 Å². The number of nitrogens with two attached hydrogens (primary N) is 1. The van der Waals surface area contributed by atoms with Crippen LogP contribution in [0.1, 0.15) is 97.5 Å². The Labute approximate surface area is 293 Å². The van der Waals surface area contributed by atoms with E-state index in [1.807, 2.05) is 0 Å². The molecule has 2 aliphatic rings. The molecule has 0 spiro atoms. The summed E-state index contributed by atoms with van der Waals surface area (Å²) >= 11 is 0. The van der Waals surface area contributed by atoms with Gasteiger partial charge in [-0.05, 0) is 74.1 Å². The zero-order valence-electron chi connectivity index (χ0n) is 29.7. The number of rotatable bonds is 18. The summed E-state index contributed by atoms with van der Waals surface area (Å²) in [6, 6.07) is 2.50. The number of carbonyl (C=O) groups excluding carboxylic acids is 5. The van der Waals surface area contributed by atoms with E-state index in [4.69, 9.17) is 10.5 Å². The van der Waals surface area contributed by atoms with Gasteiger partial charge >= 0.3 is 12.1 Å². The van der Waals surface area contributed by atoms with Crippen LogP contribution in [0, 0.1) is 23.7 Å². The van der Waals surface area contributed by atoms with E-state index in [0.29, 0.717) is 37.4 Å². The lowest BCUT2D eigenvalue weighted by atomic mass is 9.79. The van der Waals surface area contributed by atoms with Crippen LogP contribution < -0.4 is 21.7 Å². The number of anilines is 1. The fraction of sp³-hybridized carbons (Fsp3) is 0.694.